The second kappa shape index (κ2) is 10.5. The summed E-state index contributed by atoms with van der Waals surface area (Å²) in [6.45, 7) is 11.0. The number of unbranched alkanes of at least 4 members (excludes halogenated alkanes) is 1. The first kappa shape index (κ1) is 15.0. The first-order valence-corrected chi connectivity index (χ1v) is 6.78. The van der Waals surface area contributed by atoms with E-state index in [0.717, 1.165) is 25.0 Å². The van der Waals surface area contributed by atoms with Gasteiger partial charge in [0.25, 0.3) is 0 Å². The fraction of sp³-hybridized carbons (Fsp3) is 1.00. The SMILES string of the molecule is CCCCC(CC)CCOCCC(C)C. The van der Waals surface area contributed by atoms with Gasteiger partial charge in [0.05, 0.1) is 0 Å². The zero-order valence-electron chi connectivity index (χ0n) is 11.2. The lowest BCUT2D eigenvalue weighted by atomic mass is 9.96. The van der Waals surface area contributed by atoms with Gasteiger partial charge in [-0.3, -0.25) is 0 Å². The van der Waals surface area contributed by atoms with Crippen LogP contribution < -0.4 is 0 Å². The molecule has 0 spiro atoms. The summed E-state index contributed by atoms with van der Waals surface area (Å²) in [6.07, 6.45) is 7.86. The first-order chi connectivity index (χ1) is 7.20. The molecule has 0 radical (unpaired) electrons. The van der Waals surface area contributed by atoms with Gasteiger partial charge in [-0.15, -0.1) is 0 Å². The van der Waals surface area contributed by atoms with E-state index in [4.69, 9.17) is 4.74 Å². The van der Waals surface area contributed by atoms with Crippen molar-refractivity contribution < 1.29 is 4.74 Å². The highest BCUT2D eigenvalue weighted by Gasteiger charge is 2.05. The van der Waals surface area contributed by atoms with Gasteiger partial charge in [0.15, 0.2) is 0 Å². The second-order valence-corrected chi connectivity index (χ2v) is 5.00. The number of rotatable bonds is 10. The number of hydrogen-bond donors (Lipinski definition) is 0. The standard InChI is InChI=1S/C14H30O/c1-5-7-8-14(6-2)10-12-15-11-9-13(3)4/h13-14H,5-12H2,1-4H3. The van der Waals surface area contributed by atoms with Crippen LogP contribution in [0.3, 0.4) is 0 Å². The molecule has 0 fully saturated rings. The van der Waals surface area contributed by atoms with E-state index in [1.165, 1.54) is 38.5 Å². The summed E-state index contributed by atoms with van der Waals surface area (Å²) in [5.74, 6) is 1.66. The monoisotopic (exact) mass is 214 g/mol. The fourth-order valence-electron chi connectivity index (χ4n) is 1.72. The van der Waals surface area contributed by atoms with Crippen molar-refractivity contribution in [2.45, 2.75) is 66.2 Å². The van der Waals surface area contributed by atoms with E-state index >= 15 is 0 Å². The Morgan fingerprint density at radius 2 is 1.60 bits per heavy atom. The molecule has 1 nitrogen and oxygen atoms in total. The highest BCUT2D eigenvalue weighted by molar-refractivity contribution is 4.57. The Bertz CT molecular complexity index is 121. The minimum absolute atomic E-state index is 0.770. The van der Waals surface area contributed by atoms with Crippen LogP contribution in [-0.4, -0.2) is 13.2 Å². The van der Waals surface area contributed by atoms with Gasteiger partial charge in [0.1, 0.15) is 0 Å². The zero-order chi connectivity index (χ0) is 11.5. The van der Waals surface area contributed by atoms with Crippen molar-refractivity contribution in [3.8, 4) is 0 Å². The average Bonchev–Trinajstić information content (AvgIpc) is 2.21. The van der Waals surface area contributed by atoms with Gasteiger partial charge in [-0.1, -0.05) is 53.4 Å². The summed E-state index contributed by atoms with van der Waals surface area (Å²) in [5, 5.41) is 0. The van der Waals surface area contributed by atoms with Crippen LogP contribution in [-0.2, 0) is 4.74 Å². The molecule has 0 aromatic rings. The Labute approximate surface area is 96.6 Å². The van der Waals surface area contributed by atoms with Gasteiger partial charge in [0, 0.05) is 13.2 Å². The van der Waals surface area contributed by atoms with Crippen molar-refractivity contribution in [1.82, 2.24) is 0 Å². The molecule has 0 aromatic heterocycles. The van der Waals surface area contributed by atoms with Gasteiger partial charge in [-0.05, 0) is 24.7 Å². The lowest BCUT2D eigenvalue weighted by Crippen LogP contribution is -2.06. The van der Waals surface area contributed by atoms with E-state index in [1.54, 1.807) is 0 Å². The molecule has 0 N–H and O–H groups in total. The topological polar surface area (TPSA) is 9.23 Å². The highest BCUT2D eigenvalue weighted by atomic mass is 16.5. The minimum atomic E-state index is 0.770. The van der Waals surface area contributed by atoms with Gasteiger partial charge in [0.2, 0.25) is 0 Å². The van der Waals surface area contributed by atoms with Crippen LogP contribution in [0.15, 0.2) is 0 Å². The smallest absolute Gasteiger partial charge is 0.0468 e. The van der Waals surface area contributed by atoms with Crippen molar-refractivity contribution in [2.24, 2.45) is 11.8 Å². The Balaban J connectivity index is 3.30. The predicted molar refractivity (Wildman–Crippen MR) is 68.2 cm³/mol. The van der Waals surface area contributed by atoms with E-state index in [2.05, 4.69) is 27.7 Å². The maximum Gasteiger partial charge on any atom is 0.0468 e. The van der Waals surface area contributed by atoms with Crippen molar-refractivity contribution in [1.29, 1.82) is 0 Å². The molecular weight excluding hydrogens is 184 g/mol. The maximum atomic E-state index is 5.66. The van der Waals surface area contributed by atoms with E-state index in [0.29, 0.717) is 0 Å². The molecule has 0 heterocycles. The molecule has 0 rings (SSSR count). The highest BCUT2D eigenvalue weighted by Crippen LogP contribution is 2.16. The lowest BCUT2D eigenvalue weighted by molar-refractivity contribution is 0.108. The fourth-order valence-corrected chi connectivity index (χ4v) is 1.72. The summed E-state index contributed by atoms with van der Waals surface area (Å²) in [6, 6.07) is 0. The maximum absolute atomic E-state index is 5.66. The summed E-state index contributed by atoms with van der Waals surface area (Å²) in [4.78, 5) is 0. The molecule has 1 heteroatoms. The molecule has 0 aliphatic carbocycles. The third kappa shape index (κ3) is 10.2. The Morgan fingerprint density at radius 3 is 2.13 bits per heavy atom. The molecule has 0 bridgehead atoms. The van der Waals surface area contributed by atoms with Crippen LogP contribution >= 0.6 is 0 Å². The molecule has 92 valence electrons. The Hall–Kier alpha value is -0.0400. The van der Waals surface area contributed by atoms with Crippen LogP contribution in [0, 0.1) is 11.8 Å². The average molecular weight is 214 g/mol. The molecule has 0 amide bonds. The van der Waals surface area contributed by atoms with Crippen LogP contribution in [0.5, 0.6) is 0 Å². The van der Waals surface area contributed by atoms with Crippen LogP contribution in [0.4, 0.5) is 0 Å². The quantitative estimate of drug-likeness (QED) is 0.481. The summed E-state index contributed by atoms with van der Waals surface area (Å²) in [7, 11) is 0. The summed E-state index contributed by atoms with van der Waals surface area (Å²) < 4.78 is 5.66. The third-order valence-electron chi connectivity index (χ3n) is 3.05. The van der Waals surface area contributed by atoms with Crippen molar-refractivity contribution in [2.75, 3.05) is 13.2 Å². The first-order valence-electron chi connectivity index (χ1n) is 6.78. The molecule has 0 aromatic carbocycles. The van der Waals surface area contributed by atoms with E-state index in [1.807, 2.05) is 0 Å². The van der Waals surface area contributed by atoms with E-state index < -0.39 is 0 Å². The van der Waals surface area contributed by atoms with Gasteiger partial charge in [-0.2, -0.15) is 0 Å². The lowest BCUT2D eigenvalue weighted by Gasteiger charge is -2.14. The van der Waals surface area contributed by atoms with Crippen LogP contribution in [0.25, 0.3) is 0 Å². The van der Waals surface area contributed by atoms with Gasteiger partial charge in [-0.25, -0.2) is 0 Å². The molecule has 1 atom stereocenters. The second-order valence-electron chi connectivity index (χ2n) is 5.00. The Morgan fingerprint density at radius 1 is 0.933 bits per heavy atom. The van der Waals surface area contributed by atoms with E-state index in [9.17, 15) is 0 Å². The molecule has 0 aliphatic rings. The minimum Gasteiger partial charge on any atom is -0.381 e. The van der Waals surface area contributed by atoms with Crippen molar-refractivity contribution in [3.05, 3.63) is 0 Å². The number of hydrogen-bond acceptors (Lipinski definition) is 1. The number of ether oxygens (including phenoxy) is 1. The van der Waals surface area contributed by atoms with Crippen molar-refractivity contribution in [3.63, 3.8) is 0 Å². The molecular formula is C14H30O. The largest absolute Gasteiger partial charge is 0.381 e. The van der Waals surface area contributed by atoms with Gasteiger partial charge >= 0.3 is 0 Å². The zero-order valence-corrected chi connectivity index (χ0v) is 11.2. The van der Waals surface area contributed by atoms with E-state index in [-0.39, 0.29) is 0 Å². The van der Waals surface area contributed by atoms with Crippen LogP contribution in [0.2, 0.25) is 0 Å². The van der Waals surface area contributed by atoms with Gasteiger partial charge < -0.3 is 4.74 Å². The molecule has 0 saturated carbocycles. The normalized spacial score (nSPS) is 13.4. The predicted octanol–water partition coefficient (Wildman–Crippen LogP) is 4.66. The Kier molecular flexibility index (Phi) is 10.4. The summed E-state index contributed by atoms with van der Waals surface area (Å²) in [5.41, 5.74) is 0. The van der Waals surface area contributed by atoms with Crippen molar-refractivity contribution >= 4 is 0 Å². The molecule has 0 aliphatic heterocycles. The molecule has 1 unspecified atom stereocenters. The molecule has 0 saturated heterocycles. The molecule has 15 heavy (non-hydrogen) atoms. The van der Waals surface area contributed by atoms with Crippen LogP contribution in [0.1, 0.15) is 66.2 Å². The summed E-state index contributed by atoms with van der Waals surface area (Å²) >= 11 is 0. The third-order valence-corrected chi connectivity index (χ3v) is 3.05.